The topological polar surface area (TPSA) is 76.2 Å². The largest absolute Gasteiger partial charge is 0.374 e. The Morgan fingerprint density at radius 1 is 1.17 bits per heavy atom. The molecule has 8 nitrogen and oxygen atoms in total. The van der Waals surface area contributed by atoms with Gasteiger partial charge in [0.25, 0.3) is 5.91 Å². The lowest BCUT2D eigenvalue weighted by Crippen LogP contribution is -2.54. The SMILES string of the molecule is CC(C)O[C@H]1CC[C@H](C(=O)N2Cc3cc(F)cnc3Nc3ccc(N4C[C@@H]5CC[C@H]4CO5)cc32)OC1. The predicted molar refractivity (Wildman–Crippen MR) is 134 cm³/mol. The van der Waals surface area contributed by atoms with E-state index in [0.717, 1.165) is 49.5 Å². The van der Waals surface area contributed by atoms with Crippen LogP contribution in [-0.2, 0) is 25.5 Å². The van der Waals surface area contributed by atoms with Gasteiger partial charge in [0.2, 0.25) is 0 Å². The van der Waals surface area contributed by atoms with E-state index in [4.69, 9.17) is 14.2 Å². The summed E-state index contributed by atoms with van der Waals surface area (Å²) in [5.41, 5.74) is 3.21. The number of halogens is 1. The van der Waals surface area contributed by atoms with Crippen LogP contribution in [0, 0.1) is 5.82 Å². The number of aromatic nitrogens is 1. The fourth-order valence-corrected chi connectivity index (χ4v) is 5.78. The van der Waals surface area contributed by atoms with Crippen LogP contribution in [0.15, 0.2) is 30.5 Å². The van der Waals surface area contributed by atoms with E-state index in [1.165, 1.54) is 12.3 Å². The van der Waals surface area contributed by atoms with Crippen LogP contribution in [0.25, 0.3) is 0 Å². The summed E-state index contributed by atoms with van der Waals surface area (Å²) in [5.74, 6) is 0.00132. The van der Waals surface area contributed by atoms with E-state index in [9.17, 15) is 9.18 Å². The maximum absolute atomic E-state index is 14.1. The third-order valence-corrected chi connectivity index (χ3v) is 7.55. The second kappa shape index (κ2) is 9.61. The highest BCUT2D eigenvalue weighted by molar-refractivity contribution is 6.01. The average Bonchev–Trinajstić information content (AvgIpc) is 3.05. The monoisotopic (exact) mass is 496 g/mol. The average molecular weight is 497 g/mol. The van der Waals surface area contributed by atoms with Gasteiger partial charge in [-0.15, -0.1) is 0 Å². The molecule has 2 bridgehead atoms. The predicted octanol–water partition coefficient (Wildman–Crippen LogP) is 4.15. The lowest BCUT2D eigenvalue weighted by atomic mass is 9.96. The highest BCUT2D eigenvalue weighted by atomic mass is 19.1. The number of rotatable bonds is 4. The molecule has 192 valence electrons. The summed E-state index contributed by atoms with van der Waals surface area (Å²) in [7, 11) is 0. The van der Waals surface area contributed by atoms with Crippen LogP contribution in [0.1, 0.15) is 45.1 Å². The molecule has 1 aromatic heterocycles. The Kier molecular flexibility index (Phi) is 6.31. The first-order valence-electron chi connectivity index (χ1n) is 13.0. The molecule has 9 heteroatoms. The highest BCUT2D eigenvalue weighted by Crippen LogP contribution is 2.40. The van der Waals surface area contributed by atoms with Gasteiger partial charge in [-0.1, -0.05) is 0 Å². The van der Waals surface area contributed by atoms with Crippen LogP contribution in [0.5, 0.6) is 0 Å². The molecule has 5 aliphatic rings. The fraction of sp³-hybridized carbons (Fsp3) is 0.556. The van der Waals surface area contributed by atoms with Crippen LogP contribution < -0.4 is 15.1 Å². The molecule has 6 heterocycles. The van der Waals surface area contributed by atoms with Crippen LogP contribution in [0.2, 0.25) is 0 Å². The number of carbonyl (C=O) groups is 1. The molecule has 4 fully saturated rings. The van der Waals surface area contributed by atoms with Crippen molar-refractivity contribution >= 4 is 28.8 Å². The molecule has 1 N–H and O–H groups in total. The summed E-state index contributed by atoms with van der Waals surface area (Å²) < 4.78 is 31.9. The second-order valence-corrected chi connectivity index (χ2v) is 10.5. The van der Waals surface area contributed by atoms with E-state index >= 15 is 0 Å². The lowest BCUT2D eigenvalue weighted by Gasteiger charge is -2.46. The van der Waals surface area contributed by atoms with Crippen molar-refractivity contribution in [3.8, 4) is 0 Å². The van der Waals surface area contributed by atoms with Gasteiger partial charge in [-0.05, 0) is 63.8 Å². The normalized spacial score (nSPS) is 27.3. The van der Waals surface area contributed by atoms with Crippen molar-refractivity contribution in [1.29, 1.82) is 0 Å². The fourth-order valence-electron chi connectivity index (χ4n) is 5.78. The molecule has 0 radical (unpaired) electrons. The van der Waals surface area contributed by atoms with Crippen LogP contribution >= 0.6 is 0 Å². The number of morpholine rings is 1. The number of piperidine rings is 1. The first-order chi connectivity index (χ1) is 17.4. The third kappa shape index (κ3) is 4.55. The Morgan fingerprint density at radius 2 is 2.06 bits per heavy atom. The zero-order chi connectivity index (χ0) is 24.8. The minimum absolute atomic E-state index is 0.00509. The van der Waals surface area contributed by atoms with E-state index < -0.39 is 11.9 Å². The molecule has 0 spiro atoms. The highest BCUT2D eigenvalue weighted by Gasteiger charge is 2.37. The maximum Gasteiger partial charge on any atom is 0.256 e. The first-order valence-corrected chi connectivity index (χ1v) is 13.0. The zero-order valence-corrected chi connectivity index (χ0v) is 20.8. The molecule has 5 aliphatic heterocycles. The number of fused-ring (bicyclic) bond motifs is 5. The molecule has 1 amide bonds. The number of nitrogens with one attached hydrogen (secondary N) is 1. The molecule has 1 aromatic carbocycles. The molecule has 4 saturated heterocycles. The van der Waals surface area contributed by atoms with Crippen molar-refractivity contribution in [2.24, 2.45) is 0 Å². The zero-order valence-electron chi connectivity index (χ0n) is 20.8. The van der Waals surface area contributed by atoms with Crippen molar-refractivity contribution in [3.63, 3.8) is 0 Å². The van der Waals surface area contributed by atoms with Gasteiger partial charge in [0.15, 0.2) is 0 Å². The Labute approximate surface area is 210 Å². The van der Waals surface area contributed by atoms with Gasteiger partial charge in [-0.2, -0.15) is 0 Å². The quantitative estimate of drug-likeness (QED) is 0.682. The molecule has 2 aromatic rings. The van der Waals surface area contributed by atoms with Gasteiger partial charge in [0.05, 0.1) is 61.7 Å². The van der Waals surface area contributed by atoms with Crippen LogP contribution in [0.4, 0.5) is 27.3 Å². The molecule has 7 rings (SSSR count). The summed E-state index contributed by atoms with van der Waals surface area (Å²) in [5, 5.41) is 3.34. The Balaban J connectivity index is 1.32. The van der Waals surface area contributed by atoms with E-state index in [1.807, 2.05) is 19.9 Å². The Hall–Kier alpha value is -2.75. The van der Waals surface area contributed by atoms with Crippen LogP contribution in [-0.4, -0.2) is 61.1 Å². The van der Waals surface area contributed by atoms with Crippen molar-refractivity contribution in [3.05, 3.63) is 41.8 Å². The number of pyridine rings is 1. The van der Waals surface area contributed by atoms with Crippen molar-refractivity contribution in [2.45, 2.75) is 76.5 Å². The summed E-state index contributed by atoms with van der Waals surface area (Å²) in [6.07, 6.45) is 4.51. The number of carbonyl (C=O) groups excluding carboxylic acids is 1. The summed E-state index contributed by atoms with van der Waals surface area (Å²) in [6.45, 7) is 6.18. The van der Waals surface area contributed by atoms with Crippen molar-refractivity contribution in [2.75, 3.05) is 34.9 Å². The lowest BCUT2D eigenvalue weighted by molar-refractivity contribution is -0.143. The summed E-state index contributed by atoms with van der Waals surface area (Å²) in [6, 6.07) is 7.91. The Bertz CT molecular complexity index is 1130. The van der Waals surface area contributed by atoms with Gasteiger partial charge in [-0.3, -0.25) is 4.79 Å². The van der Waals surface area contributed by atoms with Gasteiger partial charge >= 0.3 is 0 Å². The molecule has 4 atom stereocenters. The van der Waals surface area contributed by atoms with Crippen molar-refractivity contribution in [1.82, 2.24) is 4.98 Å². The van der Waals surface area contributed by atoms with E-state index in [1.54, 1.807) is 4.90 Å². The minimum Gasteiger partial charge on any atom is -0.374 e. The van der Waals surface area contributed by atoms with E-state index in [-0.39, 0.29) is 30.8 Å². The van der Waals surface area contributed by atoms with Gasteiger partial charge in [0, 0.05) is 17.8 Å². The van der Waals surface area contributed by atoms with E-state index in [2.05, 4.69) is 27.3 Å². The number of amides is 1. The Morgan fingerprint density at radius 3 is 2.75 bits per heavy atom. The van der Waals surface area contributed by atoms with Crippen molar-refractivity contribution < 1.29 is 23.4 Å². The molecule has 0 unspecified atom stereocenters. The number of anilines is 4. The molecule has 36 heavy (non-hydrogen) atoms. The molecular formula is C27H33FN4O4. The standard InChI is InChI=1S/C27H33FN4O4/c1-16(2)36-22-6-8-25(35-15-22)27(33)32-12-17-9-18(28)11-29-26(17)30-23-7-4-19(10-24(23)32)31-13-21-5-3-20(31)14-34-21/h4,7,9-11,16,20-22,25H,3,5-6,8,12-15H2,1-2H3,(H,29,30)/t20-,21-,22-,25+/m0/s1. The van der Waals surface area contributed by atoms with Gasteiger partial charge in [0.1, 0.15) is 17.7 Å². The number of nitrogens with zero attached hydrogens (tertiary/aromatic N) is 3. The summed E-state index contributed by atoms with van der Waals surface area (Å²) in [4.78, 5) is 22.3. The second-order valence-electron chi connectivity index (χ2n) is 10.5. The maximum atomic E-state index is 14.1. The van der Waals surface area contributed by atoms with E-state index in [0.29, 0.717) is 30.5 Å². The van der Waals surface area contributed by atoms with Crippen LogP contribution in [0.3, 0.4) is 0 Å². The third-order valence-electron chi connectivity index (χ3n) is 7.55. The van der Waals surface area contributed by atoms with Gasteiger partial charge in [-0.25, -0.2) is 9.37 Å². The molecule has 0 saturated carbocycles. The summed E-state index contributed by atoms with van der Waals surface area (Å²) >= 11 is 0. The number of hydrogen-bond donors (Lipinski definition) is 1. The molecular weight excluding hydrogens is 463 g/mol. The number of ether oxygens (including phenoxy) is 3. The molecule has 0 aliphatic carbocycles. The minimum atomic E-state index is -0.573. The smallest absolute Gasteiger partial charge is 0.256 e. The number of hydrogen-bond acceptors (Lipinski definition) is 7. The van der Waals surface area contributed by atoms with Gasteiger partial charge < -0.3 is 29.3 Å². The number of benzene rings is 1. The first kappa shape index (κ1) is 23.6.